The van der Waals surface area contributed by atoms with Gasteiger partial charge in [-0.15, -0.1) is 0 Å². The van der Waals surface area contributed by atoms with Gasteiger partial charge in [-0.3, -0.25) is 14.7 Å². The van der Waals surface area contributed by atoms with Crippen LogP contribution in [0.3, 0.4) is 0 Å². The highest BCUT2D eigenvalue weighted by Crippen LogP contribution is 2.36. The van der Waals surface area contributed by atoms with Crippen molar-refractivity contribution < 1.29 is 33.0 Å². The number of amides is 2. The number of alkyl halides is 2. The first-order valence-corrected chi connectivity index (χ1v) is 12.6. The second-order valence-corrected chi connectivity index (χ2v) is 9.00. The van der Waals surface area contributed by atoms with E-state index in [9.17, 15) is 28.3 Å². The van der Waals surface area contributed by atoms with E-state index in [0.717, 1.165) is 17.3 Å². The maximum atomic E-state index is 13.7. The number of aromatic amines is 1. The Kier molecular flexibility index (Phi) is 9.74. The molecule has 39 heavy (non-hydrogen) atoms. The van der Waals surface area contributed by atoms with Crippen LogP contribution in [0.15, 0.2) is 30.5 Å². The van der Waals surface area contributed by atoms with E-state index < -0.39 is 29.7 Å². The summed E-state index contributed by atoms with van der Waals surface area (Å²) in [6.45, 7) is 7.67. The number of aromatic hydroxyl groups is 1. The third-order valence-corrected chi connectivity index (χ3v) is 5.96. The molecule has 1 fully saturated rings. The molecule has 2 atom stereocenters. The van der Waals surface area contributed by atoms with Gasteiger partial charge in [0.15, 0.2) is 12.1 Å². The van der Waals surface area contributed by atoms with Crippen molar-refractivity contribution in [2.45, 2.75) is 71.4 Å². The fourth-order valence-corrected chi connectivity index (χ4v) is 4.25. The topological polar surface area (TPSA) is 151 Å². The minimum atomic E-state index is -3.07. The molecule has 0 radical (unpaired) electrons. The molecule has 1 aliphatic carbocycles. The van der Waals surface area contributed by atoms with Crippen molar-refractivity contribution in [2.75, 3.05) is 5.32 Å². The number of carbonyl (C=O) groups is 3. The molecule has 0 aliphatic heterocycles. The van der Waals surface area contributed by atoms with Gasteiger partial charge in [-0.05, 0) is 45.2 Å². The number of anilines is 1. The van der Waals surface area contributed by atoms with Gasteiger partial charge >= 0.3 is 6.09 Å². The number of nitrogens with one attached hydrogen (secondary N) is 3. The monoisotopic (exact) mass is 546 g/mol. The van der Waals surface area contributed by atoms with E-state index >= 15 is 0 Å². The second-order valence-electron chi connectivity index (χ2n) is 9.00. The molecule has 2 aromatic heterocycles. The Morgan fingerprint density at radius 2 is 2.00 bits per heavy atom. The molecule has 0 bridgehead atoms. The Balaban J connectivity index is 0.00000205. The third-order valence-electron chi connectivity index (χ3n) is 5.96. The van der Waals surface area contributed by atoms with Crippen LogP contribution >= 0.6 is 0 Å². The number of rotatable bonds is 8. The second kappa shape index (κ2) is 13.0. The molecule has 1 aromatic carbocycles. The normalized spacial score (nSPS) is 16.5. The first-order valence-electron chi connectivity index (χ1n) is 12.6. The predicted octanol–water partition coefficient (Wildman–Crippen LogP) is 5.10. The van der Waals surface area contributed by atoms with Crippen molar-refractivity contribution in [3.8, 4) is 11.4 Å². The summed E-state index contributed by atoms with van der Waals surface area (Å²) in [4.78, 5) is 36.1. The quantitative estimate of drug-likeness (QED) is 0.287. The zero-order valence-corrected chi connectivity index (χ0v) is 22.1. The molecule has 210 valence electrons. The standard InChI is InChI=1S/C24H26F2N6O5.C2H6/c1-12(2)27-24(36)37-14-7-6-13(8-14)17-9-20(30-29-17)28-23(35)15-10-32(31-21(15)22(25)26)18-4-3-5-19(34)16(18)11-33;1-2/h3-5,9-14,22,34H,6-8H2,1-2H3,(H,27,36)(H2,28,29,30,35);1-2H3. The number of H-pyrrole nitrogens is 1. The van der Waals surface area contributed by atoms with Gasteiger partial charge in [-0.1, -0.05) is 19.9 Å². The minimum Gasteiger partial charge on any atom is -0.507 e. The van der Waals surface area contributed by atoms with Gasteiger partial charge in [0.25, 0.3) is 12.3 Å². The molecule has 11 nitrogen and oxygen atoms in total. The number of nitrogens with zero attached hydrogens (tertiary/aromatic N) is 3. The van der Waals surface area contributed by atoms with Gasteiger partial charge in [-0.25, -0.2) is 18.3 Å². The van der Waals surface area contributed by atoms with Gasteiger partial charge in [-0.2, -0.15) is 10.2 Å². The molecule has 2 heterocycles. The van der Waals surface area contributed by atoms with Gasteiger partial charge < -0.3 is 20.5 Å². The molecule has 4 N–H and O–H groups in total. The first kappa shape index (κ1) is 29.3. The fraction of sp³-hybridized carbons (Fsp3) is 0.423. The smallest absolute Gasteiger partial charge is 0.407 e. The molecule has 13 heteroatoms. The van der Waals surface area contributed by atoms with E-state index in [1.165, 1.54) is 18.2 Å². The summed E-state index contributed by atoms with van der Waals surface area (Å²) in [5.41, 5.74) is -0.603. The van der Waals surface area contributed by atoms with Crippen LogP contribution in [-0.4, -0.2) is 55.5 Å². The average molecular weight is 547 g/mol. The van der Waals surface area contributed by atoms with Crippen molar-refractivity contribution in [1.29, 1.82) is 0 Å². The molecule has 0 saturated heterocycles. The van der Waals surface area contributed by atoms with Gasteiger partial charge in [0.05, 0.1) is 16.8 Å². The largest absolute Gasteiger partial charge is 0.507 e. The van der Waals surface area contributed by atoms with Crippen LogP contribution in [0, 0.1) is 0 Å². The number of alkyl carbamates (subject to hydrolysis) is 1. The molecule has 3 aromatic rings. The van der Waals surface area contributed by atoms with Crippen molar-refractivity contribution in [2.24, 2.45) is 0 Å². The van der Waals surface area contributed by atoms with E-state index in [1.807, 2.05) is 27.7 Å². The number of phenols is 1. The van der Waals surface area contributed by atoms with Crippen LogP contribution in [0.25, 0.3) is 5.69 Å². The average Bonchev–Trinajstić information content (AvgIpc) is 3.64. The molecular weight excluding hydrogens is 514 g/mol. The van der Waals surface area contributed by atoms with Crippen molar-refractivity contribution in [3.63, 3.8) is 0 Å². The predicted molar refractivity (Wildman–Crippen MR) is 139 cm³/mol. The highest BCUT2D eigenvalue weighted by atomic mass is 19.3. The Morgan fingerprint density at radius 3 is 2.67 bits per heavy atom. The van der Waals surface area contributed by atoms with Crippen molar-refractivity contribution in [3.05, 3.63) is 53.0 Å². The lowest BCUT2D eigenvalue weighted by Crippen LogP contribution is -2.33. The molecule has 2 amide bonds. The molecule has 4 rings (SSSR count). The van der Waals surface area contributed by atoms with Gasteiger partial charge in [0, 0.05) is 29.9 Å². The van der Waals surface area contributed by atoms with Crippen LogP contribution in [-0.2, 0) is 4.74 Å². The Labute approximate surface area is 223 Å². The number of ether oxygens (including phenoxy) is 1. The lowest BCUT2D eigenvalue weighted by atomic mass is 10.0. The molecule has 0 spiro atoms. The molecule has 1 saturated carbocycles. The van der Waals surface area contributed by atoms with E-state index in [1.54, 1.807) is 6.07 Å². The number of hydrogen-bond donors (Lipinski definition) is 4. The number of aldehydes is 1. The summed E-state index contributed by atoms with van der Waals surface area (Å²) in [5, 5.41) is 25.7. The van der Waals surface area contributed by atoms with E-state index in [-0.39, 0.29) is 40.9 Å². The third kappa shape index (κ3) is 6.98. The van der Waals surface area contributed by atoms with E-state index in [4.69, 9.17) is 4.74 Å². The van der Waals surface area contributed by atoms with Crippen LogP contribution in [0.4, 0.5) is 19.4 Å². The summed E-state index contributed by atoms with van der Waals surface area (Å²) >= 11 is 0. The van der Waals surface area contributed by atoms with E-state index in [2.05, 4.69) is 25.9 Å². The summed E-state index contributed by atoms with van der Waals surface area (Å²) in [6.07, 6.45) is -0.379. The minimum absolute atomic E-state index is 0.0156. The number of aromatic nitrogens is 4. The lowest BCUT2D eigenvalue weighted by Gasteiger charge is -2.14. The number of phenolic OH excluding ortho intramolecular Hbond substituents is 1. The van der Waals surface area contributed by atoms with Gasteiger partial charge in [0.2, 0.25) is 0 Å². The molecule has 2 unspecified atom stereocenters. The fourth-order valence-electron chi connectivity index (χ4n) is 4.25. The van der Waals surface area contributed by atoms with Crippen LogP contribution in [0.1, 0.15) is 91.4 Å². The van der Waals surface area contributed by atoms with Crippen LogP contribution in [0.2, 0.25) is 0 Å². The number of hydrogen-bond acceptors (Lipinski definition) is 7. The number of carbonyl (C=O) groups excluding carboxylic acids is 3. The zero-order chi connectivity index (χ0) is 28.7. The highest BCUT2D eigenvalue weighted by Gasteiger charge is 2.31. The summed E-state index contributed by atoms with van der Waals surface area (Å²) in [7, 11) is 0. The maximum absolute atomic E-state index is 13.7. The first-order chi connectivity index (χ1) is 18.7. The zero-order valence-electron chi connectivity index (χ0n) is 22.1. The lowest BCUT2D eigenvalue weighted by molar-refractivity contribution is 0.0979. The highest BCUT2D eigenvalue weighted by molar-refractivity contribution is 6.04. The SMILES string of the molecule is CC.CC(C)NC(=O)OC1CCC(c2cc(NC(=O)c3cn(-c4cccc(O)c4C=O)nc3C(F)F)n[nH]2)C1. The Morgan fingerprint density at radius 1 is 1.26 bits per heavy atom. The summed E-state index contributed by atoms with van der Waals surface area (Å²) in [5.74, 6) is -1.08. The summed E-state index contributed by atoms with van der Waals surface area (Å²) < 4.78 is 33.7. The van der Waals surface area contributed by atoms with Crippen molar-refractivity contribution in [1.82, 2.24) is 25.3 Å². The number of halogens is 2. The molecule has 1 aliphatic rings. The van der Waals surface area contributed by atoms with Crippen molar-refractivity contribution >= 4 is 24.1 Å². The van der Waals surface area contributed by atoms with Crippen LogP contribution in [0.5, 0.6) is 5.75 Å². The van der Waals surface area contributed by atoms with E-state index in [0.29, 0.717) is 24.8 Å². The number of benzene rings is 1. The summed E-state index contributed by atoms with van der Waals surface area (Å²) in [6, 6.07) is 5.66. The molecular formula is C26H32F2N6O5. The Hall–Kier alpha value is -4.29. The van der Waals surface area contributed by atoms with Crippen LogP contribution < -0.4 is 10.6 Å². The maximum Gasteiger partial charge on any atom is 0.407 e. The Bertz CT molecular complexity index is 1310. The van der Waals surface area contributed by atoms with Gasteiger partial charge in [0.1, 0.15) is 17.5 Å².